The molecular weight excluding hydrogens is 250 g/mol. The van der Waals surface area contributed by atoms with Gasteiger partial charge in [0, 0.05) is 31.1 Å². The summed E-state index contributed by atoms with van der Waals surface area (Å²) in [5.41, 5.74) is 2.23. The van der Waals surface area contributed by atoms with E-state index in [0.29, 0.717) is 12.5 Å². The lowest BCUT2D eigenvalue weighted by molar-refractivity contribution is 0.0945. The largest absolute Gasteiger partial charge is 0.395 e. The van der Waals surface area contributed by atoms with E-state index in [1.54, 1.807) is 0 Å². The van der Waals surface area contributed by atoms with Gasteiger partial charge in [0.2, 0.25) is 0 Å². The predicted octanol–water partition coefficient (Wildman–Crippen LogP) is 1.77. The van der Waals surface area contributed by atoms with Gasteiger partial charge in [0.05, 0.1) is 13.2 Å². The first-order valence-electron chi connectivity index (χ1n) is 7.37. The molecule has 3 heteroatoms. The Morgan fingerprint density at radius 3 is 2.70 bits per heavy atom. The van der Waals surface area contributed by atoms with Crippen LogP contribution in [0.5, 0.6) is 0 Å². The van der Waals surface area contributed by atoms with Crippen LogP contribution in [0.2, 0.25) is 0 Å². The molecule has 1 aliphatic rings. The number of aliphatic hydroxyl groups is 2. The van der Waals surface area contributed by atoms with Crippen molar-refractivity contribution in [3.8, 4) is 11.8 Å². The molecule has 1 aliphatic carbocycles. The molecule has 0 heterocycles. The van der Waals surface area contributed by atoms with Gasteiger partial charge in [-0.1, -0.05) is 30.4 Å². The summed E-state index contributed by atoms with van der Waals surface area (Å²) in [5, 5.41) is 17.9. The van der Waals surface area contributed by atoms with Crippen molar-refractivity contribution < 1.29 is 10.2 Å². The second-order valence-electron chi connectivity index (χ2n) is 5.25. The highest BCUT2D eigenvalue weighted by Crippen LogP contribution is 2.26. The number of nitrogens with zero attached hydrogens (tertiary/aromatic N) is 1. The second-order valence-corrected chi connectivity index (χ2v) is 5.25. The van der Waals surface area contributed by atoms with Gasteiger partial charge in [0.15, 0.2) is 0 Å². The zero-order valence-electron chi connectivity index (χ0n) is 11.9. The van der Waals surface area contributed by atoms with Gasteiger partial charge in [-0.05, 0) is 30.5 Å². The summed E-state index contributed by atoms with van der Waals surface area (Å²) in [6.45, 7) is 1.94. The maximum atomic E-state index is 9.19. The van der Waals surface area contributed by atoms with E-state index in [2.05, 4.69) is 28.9 Å². The minimum absolute atomic E-state index is 0.110. The smallest absolute Gasteiger partial charge is 0.0558 e. The fourth-order valence-corrected chi connectivity index (χ4v) is 2.47. The molecule has 1 saturated carbocycles. The highest BCUT2D eigenvalue weighted by Gasteiger charge is 2.24. The summed E-state index contributed by atoms with van der Waals surface area (Å²) in [6, 6.07) is 8.86. The van der Waals surface area contributed by atoms with Crippen LogP contribution in [0.25, 0.3) is 0 Å². The number of aliphatic hydroxyl groups excluding tert-OH is 2. The maximum Gasteiger partial charge on any atom is 0.0558 e. The van der Waals surface area contributed by atoms with E-state index >= 15 is 0 Å². The van der Waals surface area contributed by atoms with Gasteiger partial charge >= 0.3 is 0 Å². The normalized spacial score (nSPS) is 14.8. The summed E-state index contributed by atoms with van der Waals surface area (Å²) < 4.78 is 0. The van der Waals surface area contributed by atoms with Gasteiger partial charge in [0.25, 0.3) is 0 Å². The Labute approximate surface area is 121 Å². The number of hydrogen-bond acceptors (Lipinski definition) is 3. The van der Waals surface area contributed by atoms with Crippen LogP contribution in [0, 0.1) is 11.8 Å². The Morgan fingerprint density at radius 2 is 2.05 bits per heavy atom. The Morgan fingerprint density at radius 1 is 1.20 bits per heavy atom. The van der Waals surface area contributed by atoms with E-state index in [0.717, 1.165) is 18.7 Å². The summed E-state index contributed by atoms with van der Waals surface area (Å²) in [7, 11) is 0. The Balaban J connectivity index is 2.00. The Kier molecular flexibility index (Phi) is 6.07. The fourth-order valence-electron chi connectivity index (χ4n) is 2.47. The molecule has 0 atom stereocenters. The number of hydrogen-bond donors (Lipinski definition) is 2. The molecule has 1 fully saturated rings. The van der Waals surface area contributed by atoms with Crippen molar-refractivity contribution in [1.82, 2.24) is 4.90 Å². The van der Waals surface area contributed by atoms with Gasteiger partial charge < -0.3 is 10.2 Å². The minimum atomic E-state index is 0.110. The van der Waals surface area contributed by atoms with Crippen LogP contribution >= 0.6 is 0 Å². The quantitative estimate of drug-likeness (QED) is 0.776. The van der Waals surface area contributed by atoms with Crippen LogP contribution < -0.4 is 0 Å². The van der Waals surface area contributed by atoms with Crippen LogP contribution in [0.3, 0.4) is 0 Å². The van der Waals surface area contributed by atoms with E-state index in [-0.39, 0.29) is 13.2 Å². The molecule has 0 aromatic heterocycles. The van der Waals surface area contributed by atoms with Crippen molar-refractivity contribution in [2.75, 3.05) is 19.8 Å². The van der Waals surface area contributed by atoms with Crippen molar-refractivity contribution in [3.05, 3.63) is 35.4 Å². The molecule has 108 valence electrons. The number of rotatable bonds is 6. The standard InChI is InChI=1S/C17H23NO2/c19-11-2-1-5-15-6-3-7-16(13-15)14-18(10-12-20)17-8-4-9-17/h3,6-7,13,17,19-20H,2,4,8-12,14H2. The van der Waals surface area contributed by atoms with Gasteiger partial charge in [-0.3, -0.25) is 4.90 Å². The molecule has 20 heavy (non-hydrogen) atoms. The SMILES string of the molecule is OCCC#Cc1cccc(CN(CCO)C2CCC2)c1. The van der Waals surface area contributed by atoms with Gasteiger partial charge in [-0.15, -0.1) is 0 Å². The van der Waals surface area contributed by atoms with Crippen molar-refractivity contribution in [2.45, 2.75) is 38.3 Å². The third-order valence-electron chi connectivity index (χ3n) is 3.76. The van der Waals surface area contributed by atoms with E-state index in [4.69, 9.17) is 5.11 Å². The fraction of sp³-hybridized carbons (Fsp3) is 0.529. The van der Waals surface area contributed by atoms with E-state index in [1.807, 2.05) is 12.1 Å². The minimum Gasteiger partial charge on any atom is -0.395 e. The highest BCUT2D eigenvalue weighted by molar-refractivity contribution is 5.37. The third-order valence-corrected chi connectivity index (χ3v) is 3.76. The van der Waals surface area contributed by atoms with Crippen molar-refractivity contribution in [1.29, 1.82) is 0 Å². The summed E-state index contributed by atoms with van der Waals surface area (Å²) in [6.07, 6.45) is 4.31. The summed E-state index contributed by atoms with van der Waals surface area (Å²) in [5.74, 6) is 6.02. The molecule has 0 radical (unpaired) electrons. The summed E-state index contributed by atoms with van der Waals surface area (Å²) in [4.78, 5) is 2.36. The molecule has 3 nitrogen and oxygen atoms in total. The Bertz CT molecular complexity index is 471. The molecule has 0 aliphatic heterocycles. The molecular formula is C17H23NO2. The molecule has 2 rings (SSSR count). The topological polar surface area (TPSA) is 43.7 Å². The van der Waals surface area contributed by atoms with Crippen LogP contribution in [0.1, 0.15) is 36.8 Å². The molecule has 0 amide bonds. The first kappa shape index (κ1) is 15.1. The average Bonchev–Trinajstić information content (AvgIpc) is 2.38. The highest BCUT2D eigenvalue weighted by atomic mass is 16.3. The van der Waals surface area contributed by atoms with E-state index in [9.17, 15) is 5.11 Å². The average molecular weight is 273 g/mol. The molecule has 0 bridgehead atoms. The predicted molar refractivity (Wildman–Crippen MR) is 80.2 cm³/mol. The number of benzene rings is 1. The third kappa shape index (κ3) is 4.35. The van der Waals surface area contributed by atoms with E-state index < -0.39 is 0 Å². The first-order valence-corrected chi connectivity index (χ1v) is 7.37. The molecule has 1 aromatic carbocycles. The van der Waals surface area contributed by atoms with Gasteiger partial charge in [-0.25, -0.2) is 0 Å². The van der Waals surface area contributed by atoms with Crippen molar-refractivity contribution >= 4 is 0 Å². The van der Waals surface area contributed by atoms with Crippen LogP contribution in [-0.4, -0.2) is 40.9 Å². The maximum absolute atomic E-state index is 9.19. The monoisotopic (exact) mass is 273 g/mol. The Hall–Kier alpha value is -1.34. The van der Waals surface area contributed by atoms with Crippen LogP contribution in [-0.2, 0) is 6.54 Å². The zero-order valence-corrected chi connectivity index (χ0v) is 11.9. The van der Waals surface area contributed by atoms with Crippen molar-refractivity contribution in [3.63, 3.8) is 0 Å². The van der Waals surface area contributed by atoms with Crippen molar-refractivity contribution in [2.24, 2.45) is 0 Å². The lowest BCUT2D eigenvalue weighted by Crippen LogP contribution is -2.41. The molecule has 1 aromatic rings. The van der Waals surface area contributed by atoms with Gasteiger partial charge in [0.1, 0.15) is 0 Å². The first-order chi connectivity index (χ1) is 9.83. The molecule has 0 unspecified atom stereocenters. The van der Waals surface area contributed by atoms with E-state index in [1.165, 1.54) is 24.8 Å². The van der Waals surface area contributed by atoms with Gasteiger partial charge in [-0.2, -0.15) is 0 Å². The lowest BCUT2D eigenvalue weighted by atomic mass is 9.91. The van der Waals surface area contributed by atoms with Crippen LogP contribution in [0.4, 0.5) is 0 Å². The van der Waals surface area contributed by atoms with Crippen LogP contribution in [0.15, 0.2) is 24.3 Å². The zero-order chi connectivity index (χ0) is 14.2. The molecule has 2 N–H and O–H groups in total. The molecule has 0 spiro atoms. The molecule has 0 saturated heterocycles. The lowest BCUT2D eigenvalue weighted by Gasteiger charge is -2.37. The second kappa shape index (κ2) is 8.06. The summed E-state index contributed by atoms with van der Waals surface area (Å²) >= 11 is 0.